The van der Waals surface area contributed by atoms with E-state index in [0.29, 0.717) is 12.5 Å². The van der Waals surface area contributed by atoms with Gasteiger partial charge in [-0.05, 0) is 19.9 Å². The van der Waals surface area contributed by atoms with Crippen LogP contribution in [0.4, 0.5) is 0 Å². The van der Waals surface area contributed by atoms with Gasteiger partial charge < -0.3 is 5.32 Å². The molecule has 80 valence electrons. The first-order valence-electron chi connectivity index (χ1n) is 5.28. The molecule has 1 saturated heterocycles. The van der Waals surface area contributed by atoms with Gasteiger partial charge in [0.15, 0.2) is 0 Å². The molecule has 3 nitrogen and oxygen atoms in total. The zero-order valence-electron chi connectivity index (χ0n) is 9.18. The van der Waals surface area contributed by atoms with Crippen LogP contribution in [-0.2, 0) is 4.79 Å². The molecule has 1 N–H and O–H groups in total. The van der Waals surface area contributed by atoms with Crippen molar-refractivity contribution in [1.29, 1.82) is 0 Å². The molecule has 3 heteroatoms. The molecule has 1 amide bonds. The van der Waals surface area contributed by atoms with Crippen LogP contribution < -0.4 is 5.32 Å². The van der Waals surface area contributed by atoms with E-state index in [9.17, 15) is 4.79 Å². The highest BCUT2D eigenvalue weighted by molar-refractivity contribution is 5.78. The molecule has 0 aromatic rings. The molecule has 1 aliphatic rings. The molecule has 1 fully saturated rings. The van der Waals surface area contributed by atoms with E-state index in [2.05, 4.69) is 23.7 Å². The van der Waals surface area contributed by atoms with E-state index in [1.54, 1.807) is 0 Å². The summed E-state index contributed by atoms with van der Waals surface area (Å²) >= 11 is 0. The molecule has 1 atom stereocenters. The zero-order chi connectivity index (χ0) is 10.6. The third kappa shape index (κ3) is 3.50. The minimum absolute atomic E-state index is 0.196. The van der Waals surface area contributed by atoms with Crippen LogP contribution >= 0.6 is 0 Å². The average molecular weight is 196 g/mol. The minimum atomic E-state index is 0.196. The Balaban J connectivity index is 2.32. The zero-order valence-corrected chi connectivity index (χ0v) is 9.18. The van der Waals surface area contributed by atoms with Gasteiger partial charge in [0.1, 0.15) is 0 Å². The van der Waals surface area contributed by atoms with Gasteiger partial charge in [0.25, 0.3) is 0 Å². The molecule has 0 aromatic heterocycles. The monoisotopic (exact) mass is 196 g/mol. The fourth-order valence-electron chi connectivity index (χ4n) is 1.81. The van der Waals surface area contributed by atoms with Crippen molar-refractivity contribution in [3.05, 3.63) is 12.2 Å². The van der Waals surface area contributed by atoms with Crippen LogP contribution in [-0.4, -0.2) is 36.5 Å². The van der Waals surface area contributed by atoms with E-state index < -0.39 is 0 Å². The Morgan fingerprint density at radius 3 is 2.86 bits per heavy atom. The maximum atomic E-state index is 11.0. The van der Waals surface area contributed by atoms with E-state index in [1.807, 2.05) is 6.92 Å². The molecule has 1 heterocycles. The van der Waals surface area contributed by atoms with E-state index >= 15 is 0 Å². The summed E-state index contributed by atoms with van der Waals surface area (Å²) < 4.78 is 0. The highest BCUT2D eigenvalue weighted by Gasteiger charge is 2.22. The summed E-state index contributed by atoms with van der Waals surface area (Å²) in [6.45, 7) is 11.0. The molecule has 0 saturated carbocycles. The Hall–Kier alpha value is -0.830. The summed E-state index contributed by atoms with van der Waals surface area (Å²) in [7, 11) is 0. The van der Waals surface area contributed by atoms with Crippen LogP contribution in [0.25, 0.3) is 0 Å². The smallest absolute Gasteiger partial charge is 0.220 e. The number of hydrogen-bond acceptors (Lipinski definition) is 2. The molecule has 0 aliphatic carbocycles. The van der Waals surface area contributed by atoms with Crippen molar-refractivity contribution in [3.63, 3.8) is 0 Å². The number of likely N-dealkylation sites (N-methyl/N-ethyl adjacent to an activating group) is 1. The third-order valence-corrected chi connectivity index (χ3v) is 2.50. The lowest BCUT2D eigenvalue weighted by atomic mass is 10.2. The molecule has 0 aromatic carbocycles. The quantitative estimate of drug-likeness (QED) is 0.669. The van der Waals surface area contributed by atoms with Crippen LogP contribution in [0.2, 0.25) is 0 Å². The Bertz CT molecular complexity index is 225. The summed E-state index contributed by atoms with van der Waals surface area (Å²) in [5.41, 5.74) is 1.18. The molecule has 0 unspecified atom stereocenters. The average Bonchev–Trinajstić information content (AvgIpc) is 2.49. The van der Waals surface area contributed by atoms with E-state index in [-0.39, 0.29) is 5.91 Å². The van der Waals surface area contributed by atoms with Crippen molar-refractivity contribution in [2.24, 2.45) is 0 Å². The van der Waals surface area contributed by atoms with Gasteiger partial charge in [-0.15, -0.1) is 0 Å². The van der Waals surface area contributed by atoms with E-state index in [4.69, 9.17) is 0 Å². The first-order chi connectivity index (χ1) is 6.61. The number of nitrogens with zero attached hydrogens (tertiary/aromatic N) is 1. The van der Waals surface area contributed by atoms with Crippen LogP contribution in [0, 0.1) is 0 Å². The molecule has 0 spiro atoms. The highest BCUT2D eigenvalue weighted by atomic mass is 16.1. The van der Waals surface area contributed by atoms with Crippen molar-refractivity contribution in [3.8, 4) is 0 Å². The second-order valence-corrected chi connectivity index (χ2v) is 4.09. The molecule has 14 heavy (non-hydrogen) atoms. The predicted octanol–water partition coefficient (Wildman–Crippen LogP) is 1.16. The van der Waals surface area contributed by atoms with Crippen molar-refractivity contribution < 1.29 is 4.79 Å². The van der Waals surface area contributed by atoms with Gasteiger partial charge in [-0.25, -0.2) is 0 Å². The second kappa shape index (κ2) is 5.15. The Morgan fingerprint density at radius 2 is 2.43 bits per heavy atom. The lowest BCUT2D eigenvalue weighted by molar-refractivity contribution is -0.119. The van der Waals surface area contributed by atoms with Gasteiger partial charge in [-0.3, -0.25) is 9.69 Å². The normalized spacial score (nSPS) is 21.4. The maximum absolute atomic E-state index is 11.0. The highest BCUT2D eigenvalue weighted by Crippen LogP contribution is 2.08. The van der Waals surface area contributed by atoms with E-state index in [0.717, 1.165) is 26.1 Å². The first kappa shape index (κ1) is 11.2. The topological polar surface area (TPSA) is 32.3 Å². The molecular formula is C11H20N2O. The summed E-state index contributed by atoms with van der Waals surface area (Å²) in [5, 5.41) is 2.98. The van der Waals surface area contributed by atoms with Gasteiger partial charge in [0.05, 0.1) is 0 Å². The summed E-state index contributed by atoms with van der Waals surface area (Å²) in [6.07, 6.45) is 1.67. The van der Waals surface area contributed by atoms with Gasteiger partial charge in [0, 0.05) is 25.6 Å². The van der Waals surface area contributed by atoms with Crippen molar-refractivity contribution in [2.45, 2.75) is 32.7 Å². The number of nitrogens with one attached hydrogen (secondary N) is 1. The number of carbonyl (C=O) groups is 1. The molecule has 0 radical (unpaired) electrons. The fourth-order valence-corrected chi connectivity index (χ4v) is 1.81. The minimum Gasteiger partial charge on any atom is -0.352 e. The number of carbonyl (C=O) groups excluding carboxylic acids is 1. The summed E-state index contributed by atoms with van der Waals surface area (Å²) in [4.78, 5) is 13.3. The van der Waals surface area contributed by atoms with Crippen LogP contribution in [0.15, 0.2) is 12.2 Å². The molecule has 1 aliphatic heterocycles. The summed E-state index contributed by atoms with van der Waals surface area (Å²) in [5.74, 6) is 0.196. The van der Waals surface area contributed by atoms with Crippen LogP contribution in [0.1, 0.15) is 26.7 Å². The number of hydrogen-bond donors (Lipinski definition) is 1. The third-order valence-electron chi connectivity index (χ3n) is 2.50. The maximum Gasteiger partial charge on any atom is 0.220 e. The van der Waals surface area contributed by atoms with Crippen LogP contribution in [0.5, 0.6) is 0 Å². The van der Waals surface area contributed by atoms with Gasteiger partial charge in [-0.1, -0.05) is 19.1 Å². The van der Waals surface area contributed by atoms with Gasteiger partial charge in [0.2, 0.25) is 5.91 Å². The lowest BCUT2D eigenvalue weighted by Crippen LogP contribution is -2.39. The van der Waals surface area contributed by atoms with E-state index in [1.165, 1.54) is 5.57 Å². The van der Waals surface area contributed by atoms with Crippen molar-refractivity contribution in [1.82, 2.24) is 10.2 Å². The Labute approximate surface area is 86.2 Å². The SMILES string of the molecule is C=C(C)CN(CC)C[C@H]1CCC(=O)N1. The Kier molecular flexibility index (Phi) is 4.14. The first-order valence-corrected chi connectivity index (χ1v) is 5.28. The fraction of sp³-hybridized carbons (Fsp3) is 0.727. The van der Waals surface area contributed by atoms with Gasteiger partial charge in [-0.2, -0.15) is 0 Å². The van der Waals surface area contributed by atoms with Crippen molar-refractivity contribution >= 4 is 5.91 Å². The van der Waals surface area contributed by atoms with Gasteiger partial charge >= 0.3 is 0 Å². The standard InChI is InChI=1S/C11H20N2O/c1-4-13(7-9(2)3)8-10-5-6-11(14)12-10/h10H,2,4-8H2,1,3H3,(H,12,14)/t10-/m1/s1. The Morgan fingerprint density at radius 1 is 1.71 bits per heavy atom. The summed E-state index contributed by atoms with van der Waals surface area (Å²) in [6, 6.07) is 0.349. The van der Waals surface area contributed by atoms with Crippen molar-refractivity contribution in [2.75, 3.05) is 19.6 Å². The largest absolute Gasteiger partial charge is 0.352 e. The number of rotatable bonds is 5. The molecular weight excluding hydrogens is 176 g/mol. The number of amides is 1. The molecule has 1 rings (SSSR count). The van der Waals surface area contributed by atoms with Crippen LogP contribution in [0.3, 0.4) is 0 Å². The molecule has 0 bridgehead atoms. The second-order valence-electron chi connectivity index (χ2n) is 4.09. The lowest BCUT2D eigenvalue weighted by Gasteiger charge is -2.23. The predicted molar refractivity (Wildman–Crippen MR) is 58.1 cm³/mol.